The highest BCUT2D eigenvalue weighted by molar-refractivity contribution is 14.1. The van der Waals surface area contributed by atoms with Crippen LogP contribution in [0.5, 0.6) is 5.75 Å². The second-order valence-electron chi connectivity index (χ2n) is 6.03. The van der Waals surface area contributed by atoms with Crippen LogP contribution in [0, 0.1) is 3.57 Å². The van der Waals surface area contributed by atoms with Crippen molar-refractivity contribution < 1.29 is 28.6 Å². The smallest absolute Gasteiger partial charge is 0.308 e. The molecule has 11 heteroatoms. The molecule has 0 radical (unpaired) electrons. The normalized spacial score (nSPS) is 16.0. The monoisotopic (exact) mass is 535 g/mol. The summed E-state index contributed by atoms with van der Waals surface area (Å²) in [5.41, 5.74) is 0.398. The van der Waals surface area contributed by atoms with Gasteiger partial charge in [0.2, 0.25) is 5.91 Å². The molecule has 1 heterocycles. The number of nitrogens with zero attached hydrogens (tertiary/aromatic N) is 1. The van der Waals surface area contributed by atoms with Gasteiger partial charge >= 0.3 is 5.97 Å². The molecule has 0 aliphatic carbocycles. The molecule has 158 valence electrons. The number of carbonyl (C=O) groups is 3. The van der Waals surface area contributed by atoms with Gasteiger partial charge in [0.25, 0.3) is 5.91 Å². The van der Waals surface area contributed by atoms with E-state index >= 15 is 0 Å². The highest BCUT2D eigenvalue weighted by Gasteiger charge is 2.34. The van der Waals surface area contributed by atoms with E-state index in [9.17, 15) is 14.4 Å². The highest BCUT2D eigenvalue weighted by Crippen LogP contribution is 2.21. The van der Waals surface area contributed by atoms with Crippen LogP contribution in [-0.4, -0.2) is 74.4 Å². The molecular formula is C18H22IN3O6S. The van der Waals surface area contributed by atoms with E-state index in [0.717, 1.165) is 3.57 Å². The third-order valence-corrected chi connectivity index (χ3v) is 5.32. The first kappa shape index (κ1) is 23.3. The maximum absolute atomic E-state index is 12.6. The number of ether oxygens (including phenoxy) is 3. The number of amides is 2. The Morgan fingerprint density at radius 2 is 2.10 bits per heavy atom. The summed E-state index contributed by atoms with van der Waals surface area (Å²) in [7, 11) is 3.04. The number of carbonyl (C=O) groups excluding carboxylic acids is 3. The number of halogens is 1. The lowest BCUT2D eigenvalue weighted by atomic mass is 10.1. The third-order valence-electron chi connectivity index (χ3n) is 4.14. The van der Waals surface area contributed by atoms with Crippen molar-refractivity contribution in [2.45, 2.75) is 12.5 Å². The summed E-state index contributed by atoms with van der Waals surface area (Å²) < 4.78 is 15.8. The topological polar surface area (TPSA) is 106 Å². The van der Waals surface area contributed by atoms with Crippen LogP contribution in [0.15, 0.2) is 18.2 Å². The minimum absolute atomic E-state index is 0.0744. The SMILES string of the molecule is COCCOC(=O)CC1C(=O)NCCN1C(=S)NC(=O)c1ccc(OC)c(I)c1. The van der Waals surface area contributed by atoms with E-state index < -0.39 is 17.9 Å². The van der Waals surface area contributed by atoms with Gasteiger partial charge in [-0.05, 0) is 53.0 Å². The Balaban J connectivity index is 2.04. The lowest BCUT2D eigenvalue weighted by Crippen LogP contribution is -2.60. The zero-order chi connectivity index (χ0) is 21.4. The van der Waals surface area contributed by atoms with Gasteiger partial charge in [0.15, 0.2) is 5.11 Å². The largest absolute Gasteiger partial charge is 0.496 e. The van der Waals surface area contributed by atoms with Crippen molar-refractivity contribution in [2.24, 2.45) is 0 Å². The van der Waals surface area contributed by atoms with Crippen molar-refractivity contribution in [2.75, 3.05) is 40.5 Å². The maximum atomic E-state index is 12.6. The number of hydrogen-bond donors (Lipinski definition) is 2. The molecule has 0 bridgehead atoms. The predicted molar refractivity (Wildman–Crippen MR) is 117 cm³/mol. The van der Waals surface area contributed by atoms with Gasteiger partial charge in [0.05, 0.1) is 23.7 Å². The van der Waals surface area contributed by atoms with Gasteiger partial charge in [-0.2, -0.15) is 0 Å². The summed E-state index contributed by atoms with van der Waals surface area (Å²) in [6.45, 7) is 1.08. The number of hydrogen-bond acceptors (Lipinski definition) is 7. The standard InChI is InChI=1S/C18H22IN3O6S/c1-26-7-8-28-15(23)10-13-17(25)20-5-6-22(13)18(29)21-16(24)11-3-4-14(27-2)12(19)9-11/h3-4,9,13H,5-8,10H2,1-2H3,(H,20,25)(H,21,24,29). The van der Waals surface area contributed by atoms with Crippen LogP contribution in [0.4, 0.5) is 0 Å². The van der Waals surface area contributed by atoms with Crippen molar-refractivity contribution in [3.63, 3.8) is 0 Å². The van der Waals surface area contributed by atoms with Gasteiger partial charge in [-0.3, -0.25) is 19.7 Å². The minimum atomic E-state index is -0.859. The molecule has 2 N–H and O–H groups in total. The van der Waals surface area contributed by atoms with E-state index in [1.165, 1.54) is 12.0 Å². The molecule has 1 unspecified atom stereocenters. The molecule has 29 heavy (non-hydrogen) atoms. The van der Waals surface area contributed by atoms with Crippen molar-refractivity contribution in [1.29, 1.82) is 0 Å². The Bertz CT molecular complexity index is 791. The molecule has 9 nitrogen and oxygen atoms in total. The van der Waals surface area contributed by atoms with E-state index in [1.54, 1.807) is 25.3 Å². The van der Waals surface area contributed by atoms with Crippen LogP contribution in [0.25, 0.3) is 0 Å². The first-order chi connectivity index (χ1) is 13.9. The van der Waals surface area contributed by atoms with Gasteiger partial charge in [0, 0.05) is 25.8 Å². The average molecular weight is 535 g/mol. The molecule has 0 spiro atoms. The van der Waals surface area contributed by atoms with Crippen LogP contribution in [0.2, 0.25) is 0 Å². The predicted octanol–water partition coefficient (Wildman–Crippen LogP) is 0.695. The first-order valence-electron chi connectivity index (χ1n) is 8.75. The summed E-state index contributed by atoms with van der Waals surface area (Å²) in [4.78, 5) is 38.4. The van der Waals surface area contributed by atoms with E-state index in [4.69, 9.17) is 26.4 Å². The lowest BCUT2D eigenvalue weighted by molar-refractivity contribution is -0.148. The third kappa shape index (κ3) is 6.51. The van der Waals surface area contributed by atoms with Gasteiger partial charge < -0.3 is 24.4 Å². The maximum Gasteiger partial charge on any atom is 0.308 e. The summed E-state index contributed by atoms with van der Waals surface area (Å²) in [6, 6.07) is 4.12. The number of rotatable bonds is 7. The van der Waals surface area contributed by atoms with Crippen LogP contribution >= 0.6 is 34.8 Å². The first-order valence-corrected chi connectivity index (χ1v) is 10.2. The van der Waals surface area contributed by atoms with Gasteiger partial charge in [-0.25, -0.2) is 0 Å². The van der Waals surface area contributed by atoms with E-state index in [1.807, 2.05) is 0 Å². The van der Waals surface area contributed by atoms with E-state index in [-0.39, 0.29) is 30.7 Å². The molecule has 1 fully saturated rings. The summed E-state index contributed by atoms with van der Waals surface area (Å²) in [5.74, 6) is -0.657. The Kier molecular flexibility index (Phi) is 9.04. The fourth-order valence-corrected chi connectivity index (χ4v) is 3.71. The minimum Gasteiger partial charge on any atom is -0.496 e. The summed E-state index contributed by atoms with van der Waals surface area (Å²) in [6.07, 6.45) is -0.188. The highest BCUT2D eigenvalue weighted by atomic mass is 127. The van der Waals surface area contributed by atoms with E-state index in [0.29, 0.717) is 24.4 Å². The molecule has 1 saturated heterocycles. The number of piperazine rings is 1. The molecule has 1 atom stereocenters. The molecule has 1 aliphatic heterocycles. The summed E-state index contributed by atoms with van der Waals surface area (Å²) >= 11 is 7.40. The second kappa shape index (κ2) is 11.3. The number of nitrogens with one attached hydrogen (secondary N) is 2. The lowest BCUT2D eigenvalue weighted by Gasteiger charge is -2.36. The Hall–Kier alpha value is -1.99. The zero-order valence-corrected chi connectivity index (χ0v) is 19.0. The van der Waals surface area contributed by atoms with Crippen LogP contribution in [0.1, 0.15) is 16.8 Å². The van der Waals surface area contributed by atoms with Crippen molar-refractivity contribution in [3.8, 4) is 5.75 Å². The Labute approximate surface area is 187 Å². The molecule has 2 amide bonds. The zero-order valence-electron chi connectivity index (χ0n) is 16.0. The van der Waals surface area contributed by atoms with Crippen LogP contribution < -0.4 is 15.4 Å². The van der Waals surface area contributed by atoms with Gasteiger partial charge in [-0.1, -0.05) is 0 Å². The Morgan fingerprint density at radius 3 is 2.76 bits per heavy atom. The average Bonchev–Trinajstić information content (AvgIpc) is 2.69. The quantitative estimate of drug-likeness (QED) is 0.228. The molecular weight excluding hydrogens is 513 g/mol. The van der Waals surface area contributed by atoms with Crippen molar-refractivity contribution >= 4 is 57.7 Å². The van der Waals surface area contributed by atoms with Crippen LogP contribution in [0.3, 0.4) is 0 Å². The number of methoxy groups -OCH3 is 2. The second-order valence-corrected chi connectivity index (χ2v) is 7.58. The molecule has 1 aliphatic rings. The van der Waals surface area contributed by atoms with Gasteiger partial charge in [0.1, 0.15) is 18.4 Å². The summed E-state index contributed by atoms with van der Waals surface area (Å²) in [5, 5.41) is 5.40. The number of thiocarbonyl (C=S) groups is 1. The Morgan fingerprint density at radius 1 is 1.34 bits per heavy atom. The molecule has 1 aromatic rings. The van der Waals surface area contributed by atoms with Crippen LogP contribution in [-0.2, 0) is 19.1 Å². The molecule has 0 aromatic heterocycles. The fraction of sp³-hybridized carbons (Fsp3) is 0.444. The van der Waals surface area contributed by atoms with Gasteiger partial charge in [-0.15, -0.1) is 0 Å². The number of benzene rings is 1. The van der Waals surface area contributed by atoms with Crippen molar-refractivity contribution in [1.82, 2.24) is 15.5 Å². The molecule has 1 aromatic carbocycles. The molecule has 2 rings (SSSR count). The fourth-order valence-electron chi connectivity index (χ4n) is 2.67. The molecule has 0 saturated carbocycles. The number of esters is 1. The van der Waals surface area contributed by atoms with Crippen molar-refractivity contribution in [3.05, 3.63) is 27.3 Å². The van der Waals surface area contributed by atoms with E-state index in [2.05, 4.69) is 33.2 Å².